The minimum Gasteiger partial charge on any atom is -0.391 e. The second-order valence-electron chi connectivity index (χ2n) is 4.57. The molecule has 0 spiro atoms. The van der Waals surface area contributed by atoms with Crippen LogP contribution in [0.25, 0.3) is 0 Å². The zero-order chi connectivity index (χ0) is 13.7. The molecule has 0 aromatic heterocycles. The van der Waals surface area contributed by atoms with Gasteiger partial charge in [-0.25, -0.2) is 0 Å². The first-order chi connectivity index (χ1) is 8.45. The lowest BCUT2D eigenvalue weighted by Gasteiger charge is -2.12. The first-order valence-electron chi connectivity index (χ1n) is 6.18. The summed E-state index contributed by atoms with van der Waals surface area (Å²) in [6, 6.07) is 3.56. The molecular formula is C14H20ClNO2. The molecule has 0 aliphatic rings. The molecule has 0 aliphatic heterocycles. The summed E-state index contributed by atoms with van der Waals surface area (Å²) in [6.45, 7) is 6.14. The number of amides is 1. The van der Waals surface area contributed by atoms with Gasteiger partial charge in [-0.3, -0.25) is 4.79 Å². The number of carbonyl (C=O) groups excluding carboxylic acids is 1. The van der Waals surface area contributed by atoms with Crippen molar-refractivity contribution >= 4 is 17.5 Å². The van der Waals surface area contributed by atoms with Gasteiger partial charge in [-0.2, -0.15) is 0 Å². The van der Waals surface area contributed by atoms with Crippen LogP contribution >= 0.6 is 11.6 Å². The molecule has 1 aromatic carbocycles. The third kappa shape index (κ3) is 4.00. The van der Waals surface area contributed by atoms with E-state index in [0.29, 0.717) is 17.0 Å². The van der Waals surface area contributed by atoms with Crippen LogP contribution in [0.15, 0.2) is 12.1 Å². The third-order valence-electron chi connectivity index (χ3n) is 2.95. The fourth-order valence-electron chi connectivity index (χ4n) is 1.70. The minimum absolute atomic E-state index is 0.238. The van der Waals surface area contributed by atoms with E-state index in [9.17, 15) is 9.90 Å². The quantitative estimate of drug-likeness (QED) is 0.864. The average Bonchev–Trinajstić information content (AvgIpc) is 2.31. The standard InChI is InChI=1S/C14H20ClNO2/c1-4-5-11(17)8-16-14(18)12-6-9(2)10(3)7-13(12)15/h6-7,11,17H,4-5,8H2,1-3H3,(H,16,18). The van der Waals surface area contributed by atoms with Crippen LogP contribution in [0.2, 0.25) is 5.02 Å². The minimum atomic E-state index is -0.496. The molecule has 1 atom stereocenters. The first kappa shape index (κ1) is 15.0. The number of carbonyl (C=O) groups is 1. The predicted molar refractivity (Wildman–Crippen MR) is 74.2 cm³/mol. The molecule has 0 aliphatic carbocycles. The van der Waals surface area contributed by atoms with Gasteiger partial charge in [0, 0.05) is 6.54 Å². The molecular weight excluding hydrogens is 250 g/mol. The fourth-order valence-corrected chi connectivity index (χ4v) is 2.00. The number of hydrogen-bond donors (Lipinski definition) is 2. The van der Waals surface area contributed by atoms with Crippen LogP contribution in [0.1, 0.15) is 41.3 Å². The molecule has 0 saturated heterocycles. The van der Waals surface area contributed by atoms with Gasteiger partial charge in [0.15, 0.2) is 0 Å². The van der Waals surface area contributed by atoms with Gasteiger partial charge >= 0.3 is 0 Å². The van der Waals surface area contributed by atoms with Crippen molar-refractivity contribution in [1.82, 2.24) is 5.32 Å². The Balaban J connectivity index is 2.70. The summed E-state index contributed by atoms with van der Waals surface area (Å²) in [4.78, 5) is 11.9. The topological polar surface area (TPSA) is 49.3 Å². The number of halogens is 1. The van der Waals surface area contributed by atoms with Gasteiger partial charge in [-0.05, 0) is 43.5 Å². The van der Waals surface area contributed by atoms with E-state index in [2.05, 4.69) is 5.32 Å². The molecule has 0 bridgehead atoms. The van der Waals surface area contributed by atoms with Gasteiger partial charge < -0.3 is 10.4 Å². The first-order valence-corrected chi connectivity index (χ1v) is 6.56. The second-order valence-corrected chi connectivity index (χ2v) is 4.98. The summed E-state index contributed by atoms with van der Waals surface area (Å²) in [6.07, 6.45) is 1.08. The highest BCUT2D eigenvalue weighted by Gasteiger charge is 2.13. The van der Waals surface area contributed by atoms with E-state index in [-0.39, 0.29) is 12.5 Å². The van der Waals surface area contributed by atoms with E-state index in [4.69, 9.17) is 11.6 Å². The summed E-state index contributed by atoms with van der Waals surface area (Å²) in [5, 5.41) is 12.7. The molecule has 1 amide bonds. The predicted octanol–water partition coefficient (Wildman–Crippen LogP) is 2.85. The lowest BCUT2D eigenvalue weighted by atomic mass is 10.1. The van der Waals surface area contributed by atoms with Gasteiger partial charge in [0.2, 0.25) is 0 Å². The molecule has 3 nitrogen and oxygen atoms in total. The van der Waals surface area contributed by atoms with E-state index in [1.54, 1.807) is 12.1 Å². The summed E-state index contributed by atoms with van der Waals surface area (Å²) in [5.74, 6) is -0.238. The maximum absolute atomic E-state index is 11.9. The SMILES string of the molecule is CCCC(O)CNC(=O)c1cc(C)c(C)cc1Cl. The lowest BCUT2D eigenvalue weighted by molar-refractivity contribution is 0.0910. The molecule has 100 valence electrons. The van der Waals surface area contributed by atoms with Crippen molar-refractivity contribution in [3.8, 4) is 0 Å². The van der Waals surface area contributed by atoms with E-state index in [0.717, 1.165) is 17.5 Å². The number of rotatable bonds is 5. The van der Waals surface area contributed by atoms with Crippen LogP contribution in [-0.4, -0.2) is 23.7 Å². The van der Waals surface area contributed by atoms with E-state index < -0.39 is 6.10 Å². The smallest absolute Gasteiger partial charge is 0.252 e. The summed E-state index contributed by atoms with van der Waals surface area (Å²) >= 11 is 6.05. The number of aliphatic hydroxyl groups is 1. The van der Waals surface area contributed by atoms with E-state index in [1.165, 1.54) is 0 Å². The lowest BCUT2D eigenvalue weighted by Crippen LogP contribution is -2.32. The highest BCUT2D eigenvalue weighted by Crippen LogP contribution is 2.20. The van der Waals surface area contributed by atoms with Crippen molar-refractivity contribution in [1.29, 1.82) is 0 Å². The van der Waals surface area contributed by atoms with Crippen LogP contribution in [0.4, 0.5) is 0 Å². The summed E-state index contributed by atoms with van der Waals surface area (Å²) < 4.78 is 0. The largest absolute Gasteiger partial charge is 0.391 e. The molecule has 18 heavy (non-hydrogen) atoms. The molecule has 1 rings (SSSR count). The highest BCUT2D eigenvalue weighted by atomic mass is 35.5. The summed E-state index contributed by atoms with van der Waals surface area (Å²) in [7, 11) is 0. The Morgan fingerprint density at radius 2 is 2.00 bits per heavy atom. The fraction of sp³-hybridized carbons (Fsp3) is 0.500. The monoisotopic (exact) mass is 269 g/mol. The molecule has 1 unspecified atom stereocenters. The van der Waals surface area contributed by atoms with E-state index >= 15 is 0 Å². The molecule has 0 heterocycles. The zero-order valence-corrected chi connectivity index (χ0v) is 11.8. The Morgan fingerprint density at radius 3 is 2.61 bits per heavy atom. The number of nitrogens with one attached hydrogen (secondary N) is 1. The third-order valence-corrected chi connectivity index (χ3v) is 3.26. The number of aliphatic hydroxyl groups excluding tert-OH is 1. The Bertz CT molecular complexity index is 432. The van der Waals surface area contributed by atoms with Crippen LogP contribution in [0.3, 0.4) is 0 Å². The van der Waals surface area contributed by atoms with Crippen LogP contribution in [0, 0.1) is 13.8 Å². The van der Waals surface area contributed by atoms with Crippen molar-refractivity contribution in [2.45, 2.75) is 39.7 Å². The van der Waals surface area contributed by atoms with Crippen LogP contribution < -0.4 is 5.32 Å². The zero-order valence-electron chi connectivity index (χ0n) is 11.1. The van der Waals surface area contributed by atoms with Crippen LogP contribution in [0.5, 0.6) is 0 Å². The normalized spacial score (nSPS) is 12.3. The summed E-state index contributed by atoms with van der Waals surface area (Å²) in [5.41, 5.74) is 2.55. The van der Waals surface area contributed by atoms with Crippen LogP contribution in [-0.2, 0) is 0 Å². The van der Waals surface area contributed by atoms with Gasteiger partial charge in [0.1, 0.15) is 0 Å². The number of hydrogen-bond acceptors (Lipinski definition) is 2. The van der Waals surface area contributed by atoms with E-state index in [1.807, 2.05) is 20.8 Å². The molecule has 0 saturated carbocycles. The molecule has 2 N–H and O–H groups in total. The maximum atomic E-state index is 11.9. The van der Waals surface area contributed by atoms with Gasteiger partial charge in [-0.15, -0.1) is 0 Å². The van der Waals surface area contributed by atoms with Gasteiger partial charge in [0.05, 0.1) is 16.7 Å². The Labute approximate surface area is 113 Å². The van der Waals surface area contributed by atoms with Crippen molar-refractivity contribution < 1.29 is 9.90 Å². The molecule has 0 fully saturated rings. The highest BCUT2D eigenvalue weighted by molar-refractivity contribution is 6.33. The molecule has 4 heteroatoms. The molecule has 1 aromatic rings. The van der Waals surface area contributed by atoms with Gasteiger partial charge in [0.25, 0.3) is 5.91 Å². The van der Waals surface area contributed by atoms with Crippen molar-refractivity contribution in [3.63, 3.8) is 0 Å². The number of aryl methyl sites for hydroxylation is 2. The van der Waals surface area contributed by atoms with Crippen molar-refractivity contribution in [3.05, 3.63) is 33.8 Å². The van der Waals surface area contributed by atoms with Crippen molar-refractivity contribution in [2.24, 2.45) is 0 Å². The Kier molecular flexibility index (Phi) is 5.63. The number of benzene rings is 1. The molecule has 0 radical (unpaired) electrons. The maximum Gasteiger partial charge on any atom is 0.252 e. The Morgan fingerprint density at radius 1 is 1.39 bits per heavy atom. The Hall–Kier alpha value is -1.06. The van der Waals surface area contributed by atoms with Gasteiger partial charge in [-0.1, -0.05) is 24.9 Å². The second kappa shape index (κ2) is 6.76. The average molecular weight is 270 g/mol. The van der Waals surface area contributed by atoms with Crippen molar-refractivity contribution in [2.75, 3.05) is 6.54 Å².